The van der Waals surface area contributed by atoms with Crippen molar-refractivity contribution in [3.05, 3.63) is 69.2 Å². The standard InChI is InChI=1S/C16H7Cl2F3N2/c17-11-2-1-3-12(18)14(11)15-22-8-13(23-15)9-4-6-10(7-5-9)16(19,20)21/h1-7H. The van der Waals surface area contributed by atoms with Gasteiger partial charge in [-0.15, -0.1) is 0 Å². The molecule has 1 aliphatic rings. The second kappa shape index (κ2) is 5.85. The molecule has 0 N–H and O–H groups in total. The summed E-state index contributed by atoms with van der Waals surface area (Å²) in [6.45, 7) is 0. The molecule has 2 aromatic rings. The number of nitrogens with zero attached hydrogens (tertiary/aromatic N) is 2. The Labute approximate surface area is 139 Å². The fourth-order valence-electron chi connectivity index (χ4n) is 2.03. The number of benzene rings is 2. The number of amidine groups is 1. The Balaban J connectivity index is 1.93. The van der Waals surface area contributed by atoms with Crippen molar-refractivity contribution in [2.45, 2.75) is 6.18 Å². The minimum Gasteiger partial charge on any atom is -0.217 e. The smallest absolute Gasteiger partial charge is 0.217 e. The van der Waals surface area contributed by atoms with Gasteiger partial charge in [0.2, 0.25) is 0 Å². The number of hydrogen-bond donors (Lipinski definition) is 0. The highest BCUT2D eigenvalue weighted by Gasteiger charge is 2.30. The molecule has 2 nitrogen and oxygen atoms in total. The first-order valence-electron chi connectivity index (χ1n) is 6.40. The van der Waals surface area contributed by atoms with Gasteiger partial charge in [-0.1, -0.05) is 41.4 Å². The zero-order valence-electron chi connectivity index (χ0n) is 11.3. The van der Waals surface area contributed by atoms with Crippen molar-refractivity contribution in [3.63, 3.8) is 0 Å². The number of aliphatic imine (C=N–C) groups is 2. The van der Waals surface area contributed by atoms with Gasteiger partial charge in [0, 0.05) is 11.4 Å². The van der Waals surface area contributed by atoms with Crippen molar-refractivity contribution in [2.75, 3.05) is 0 Å². The lowest BCUT2D eigenvalue weighted by molar-refractivity contribution is -0.137. The molecule has 0 saturated heterocycles. The Morgan fingerprint density at radius 2 is 1.52 bits per heavy atom. The van der Waals surface area contributed by atoms with Gasteiger partial charge in [-0.05, 0) is 24.3 Å². The maximum absolute atomic E-state index is 12.6. The Morgan fingerprint density at radius 1 is 0.913 bits per heavy atom. The normalized spacial score (nSPS) is 14.0. The number of alkyl halides is 3. The summed E-state index contributed by atoms with van der Waals surface area (Å²) in [7, 11) is 0. The number of halogens is 5. The molecule has 3 rings (SSSR count). The minimum atomic E-state index is -4.38. The Kier molecular flexibility index (Phi) is 4.02. The van der Waals surface area contributed by atoms with Crippen LogP contribution in [-0.4, -0.2) is 11.7 Å². The molecule has 0 aliphatic carbocycles. The second-order valence-electron chi connectivity index (χ2n) is 4.68. The second-order valence-corrected chi connectivity index (χ2v) is 5.49. The van der Waals surface area contributed by atoms with Crippen LogP contribution in [0.1, 0.15) is 16.7 Å². The number of hydrogen-bond acceptors (Lipinski definition) is 2. The van der Waals surface area contributed by atoms with Crippen LogP contribution in [0.2, 0.25) is 10.0 Å². The Hall–Kier alpha value is -2.07. The summed E-state index contributed by atoms with van der Waals surface area (Å²) in [4.78, 5) is 8.28. The predicted octanol–water partition coefficient (Wildman–Crippen LogP) is 5.48. The summed E-state index contributed by atoms with van der Waals surface area (Å²) in [5.41, 5.74) is 0.532. The molecule has 0 saturated carbocycles. The van der Waals surface area contributed by atoms with Gasteiger partial charge in [-0.25, -0.2) is 4.99 Å². The fraction of sp³-hybridized carbons (Fsp3) is 0.0625. The molecule has 0 amide bonds. The molecule has 2 aromatic carbocycles. The van der Waals surface area contributed by atoms with Crippen LogP contribution in [0.3, 0.4) is 0 Å². The lowest BCUT2D eigenvalue weighted by Gasteiger charge is -2.07. The molecule has 0 aromatic heterocycles. The van der Waals surface area contributed by atoms with Gasteiger partial charge in [0.25, 0.3) is 0 Å². The van der Waals surface area contributed by atoms with Crippen LogP contribution in [0.4, 0.5) is 13.2 Å². The largest absolute Gasteiger partial charge is 0.416 e. The van der Waals surface area contributed by atoms with Crippen molar-refractivity contribution in [1.82, 2.24) is 0 Å². The molecule has 1 heterocycles. The molecule has 0 unspecified atom stereocenters. The van der Waals surface area contributed by atoms with E-state index in [2.05, 4.69) is 15.9 Å². The van der Waals surface area contributed by atoms with E-state index in [1.165, 1.54) is 12.1 Å². The van der Waals surface area contributed by atoms with E-state index in [0.29, 0.717) is 26.9 Å². The van der Waals surface area contributed by atoms with Gasteiger partial charge >= 0.3 is 6.18 Å². The van der Waals surface area contributed by atoms with Gasteiger partial charge < -0.3 is 0 Å². The zero-order chi connectivity index (χ0) is 16.6. The van der Waals surface area contributed by atoms with Crippen LogP contribution >= 0.6 is 23.2 Å². The summed E-state index contributed by atoms with van der Waals surface area (Å²) in [6.07, 6.45) is -4.38. The molecular weight excluding hydrogens is 348 g/mol. The van der Waals surface area contributed by atoms with Crippen LogP contribution in [0, 0.1) is 0 Å². The van der Waals surface area contributed by atoms with Crippen molar-refractivity contribution < 1.29 is 13.2 Å². The van der Waals surface area contributed by atoms with E-state index in [9.17, 15) is 13.2 Å². The molecule has 1 aliphatic heterocycles. The summed E-state index contributed by atoms with van der Waals surface area (Å²) in [6, 6.07) is 9.61. The Bertz CT molecular complexity index is 842. The third kappa shape index (κ3) is 3.17. The molecule has 0 fully saturated rings. The van der Waals surface area contributed by atoms with E-state index in [4.69, 9.17) is 23.2 Å². The Morgan fingerprint density at radius 3 is 2.09 bits per heavy atom. The molecule has 23 heavy (non-hydrogen) atoms. The third-order valence-corrected chi connectivity index (χ3v) is 3.79. The lowest BCUT2D eigenvalue weighted by atomic mass is 10.1. The van der Waals surface area contributed by atoms with Crippen LogP contribution in [0.25, 0.3) is 5.70 Å². The molecule has 0 atom stereocenters. The average molecular weight is 355 g/mol. The maximum Gasteiger partial charge on any atom is 0.416 e. The molecule has 0 radical (unpaired) electrons. The van der Waals surface area contributed by atoms with Crippen molar-refractivity contribution in [1.29, 1.82) is 0 Å². The van der Waals surface area contributed by atoms with Crippen LogP contribution in [0.15, 0.2) is 52.4 Å². The monoisotopic (exact) mass is 354 g/mol. The maximum atomic E-state index is 12.6. The van der Waals surface area contributed by atoms with E-state index in [1.807, 2.05) is 0 Å². The zero-order valence-corrected chi connectivity index (χ0v) is 12.8. The van der Waals surface area contributed by atoms with Crippen LogP contribution in [0.5, 0.6) is 0 Å². The predicted molar refractivity (Wildman–Crippen MR) is 85.3 cm³/mol. The minimum absolute atomic E-state index is 0.274. The van der Waals surface area contributed by atoms with Crippen molar-refractivity contribution >= 4 is 40.6 Å². The number of rotatable bonds is 2. The summed E-state index contributed by atoms with van der Waals surface area (Å²) in [5.74, 6) is 2.95. The highest BCUT2D eigenvalue weighted by Crippen LogP contribution is 2.31. The van der Waals surface area contributed by atoms with Gasteiger partial charge in [0.05, 0.1) is 21.2 Å². The molecule has 0 bridgehead atoms. The SMILES string of the molecule is FC(F)(F)c1ccc(C2=C=NC(c3c(Cl)cccc3Cl)=N2)cc1. The molecular formula is C16H7Cl2F3N2. The molecule has 116 valence electrons. The van der Waals surface area contributed by atoms with E-state index in [-0.39, 0.29) is 5.84 Å². The first kappa shape index (κ1) is 15.8. The van der Waals surface area contributed by atoms with Crippen molar-refractivity contribution in [3.8, 4) is 0 Å². The van der Waals surface area contributed by atoms with E-state index in [0.717, 1.165) is 12.1 Å². The highest BCUT2D eigenvalue weighted by molar-refractivity contribution is 6.40. The highest BCUT2D eigenvalue weighted by atomic mass is 35.5. The average Bonchev–Trinajstić information content (AvgIpc) is 2.96. The lowest BCUT2D eigenvalue weighted by Crippen LogP contribution is -2.04. The van der Waals surface area contributed by atoms with E-state index >= 15 is 0 Å². The van der Waals surface area contributed by atoms with Gasteiger partial charge in [0.15, 0.2) is 5.84 Å². The molecule has 7 heteroatoms. The first-order valence-corrected chi connectivity index (χ1v) is 7.16. The fourth-order valence-corrected chi connectivity index (χ4v) is 2.60. The van der Waals surface area contributed by atoms with Crippen LogP contribution < -0.4 is 0 Å². The van der Waals surface area contributed by atoms with Gasteiger partial charge in [-0.3, -0.25) is 0 Å². The molecule has 0 spiro atoms. The van der Waals surface area contributed by atoms with Gasteiger partial charge in [0.1, 0.15) is 5.70 Å². The van der Waals surface area contributed by atoms with Gasteiger partial charge in [-0.2, -0.15) is 18.2 Å². The third-order valence-electron chi connectivity index (χ3n) is 3.16. The summed E-state index contributed by atoms with van der Waals surface area (Å²) < 4.78 is 37.7. The van der Waals surface area contributed by atoms with Crippen molar-refractivity contribution in [2.24, 2.45) is 9.98 Å². The summed E-state index contributed by atoms with van der Waals surface area (Å²) in [5, 5.41) is 0.769. The first-order chi connectivity index (χ1) is 10.9. The van der Waals surface area contributed by atoms with E-state index < -0.39 is 11.7 Å². The van der Waals surface area contributed by atoms with E-state index in [1.54, 1.807) is 18.2 Å². The quantitative estimate of drug-likeness (QED) is 0.681. The summed E-state index contributed by atoms with van der Waals surface area (Å²) >= 11 is 12.2. The topological polar surface area (TPSA) is 24.7 Å². The van der Waals surface area contributed by atoms with Crippen LogP contribution in [-0.2, 0) is 6.18 Å².